The van der Waals surface area contributed by atoms with Crippen LogP contribution in [0.2, 0.25) is 0 Å². The normalized spacial score (nSPS) is 22.9. The van der Waals surface area contributed by atoms with Crippen LogP contribution in [-0.2, 0) is 21.4 Å². The Labute approximate surface area is 144 Å². The van der Waals surface area contributed by atoms with E-state index in [1.165, 1.54) is 9.87 Å². The highest BCUT2D eigenvalue weighted by molar-refractivity contribution is 7.87. The maximum atomic E-state index is 12.4. The van der Waals surface area contributed by atoms with Gasteiger partial charge in [0.1, 0.15) is 0 Å². The first-order valence-corrected chi connectivity index (χ1v) is 10.1. The smallest absolute Gasteiger partial charge is 0.279 e. The third-order valence-electron chi connectivity index (χ3n) is 4.70. The molecule has 0 bridgehead atoms. The van der Waals surface area contributed by atoms with Crippen LogP contribution in [0.25, 0.3) is 0 Å². The number of likely N-dealkylation sites (tertiary alicyclic amines) is 1. The molecule has 2 saturated heterocycles. The van der Waals surface area contributed by atoms with Gasteiger partial charge in [-0.25, -0.2) is 0 Å². The monoisotopic (exact) mass is 351 g/mol. The van der Waals surface area contributed by atoms with Gasteiger partial charge in [-0.1, -0.05) is 36.8 Å². The van der Waals surface area contributed by atoms with Crippen LogP contribution < -0.4 is 4.72 Å². The molecule has 132 valence electrons. The average molecular weight is 351 g/mol. The molecule has 0 saturated carbocycles. The lowest BCUT2D eigenvalue weighted by Crippen LogP contribution is -2.48. The zero-order chi connectivity index (χ0) is 17.0. The number of hydrogen-bond donors (Lipinski definition) is 1. The van der Waals surface area contributed by atoms with Gasteiger partial charge in [0, 0.05) is 38.6 Å². The van der Waals surface area contributed by atoms with Gasteiger partial charge in [-0.15, -0.1) is 0 Å². The molecule has 3 rings (SSSR count). The zero-order valence-corrected chi connectivity index (χ0v) is 14.7. The van der Waals surface area contributed by atoms with Crippen molar-refractivity contribution in [1.82, 2.24) is 13.9 Å². The number of carbonyl (C=O) groups excluding carboxylic acids is 1. The lowest BCUT2D eigenvalue weighted by Gasteiger charge is -2.27. The number of piperidine rings is 1. The van der Waals surface area contributed by atoms with Gasteiger partial charge in [0.05, 0.1) is 0 Å². The molecule has 1 atom stereocenters. The van der Waals surface area contributed by atoms with Crippen molar-refractivity contribution >= 4 is 16.1 Å². The molecule has 1 N–H and O–H groups in total. The first-order valence-electron chi connectivity index (χ1n) is 8.64. The Balaban J connectivity index is 1.52. The maximum Gasteiger partial charge on any atom is 0.279 e. The van der Waals surface area contributed by atoms with E-state index in [2.05, 4.69) is 4.72 Å². The van der Waals surface area contributed by atoms with Gasteiger partial charge in [-0.3, -0.25) is 4.79 Å². The Morgan fingerprint density at radius 3 is 2.50 bits per heavy atom. The summed E-state index contributed by atoms with van der Waals surface area (Å²) in [5.74, 6) is 0.0253. The highest BCUT2D eigenvalue weighted by Crippen LogP contribution is 2.16. The number of nitrogens with one attached hydrogen (secondary N) is 1. The fourth-order valence-corrected chi connectivity index (χ4v) is 4.83. The molecule has 7 heteroatoms. The molecule has 24 heavy (non-hydrogen) atoms. The van der Waals surface area contributed by atoms with E-state index in [1.54, 1.807) is 4.90 Å². The van der Waals surface area contributed by atoms with Crippen molar-refractivity contribution in [2.45, 2.75) is 38.1 Å². The molecule has 0 aromatic heterocycles. The van der Waals surface area contributed by atoms with E-state index in [0.29, 0.717) is 26.2 Å². The lowest BCUT2D eigenvalue weighted by molar-refractivity contribution is -0.127. The summed E-state index contributed by atoms with van der Waals surface area (Å²) >= 11 is 0. The average Bonchev–Trinajstić information content (AvgIpc) is 2.93. The van der Waals surface area contributed by atoms with Crippen molar-refractivity contribution in [2.75, 3.05) is 26.2 Å². The van der Waals surface area contributed by atoms with Crippen molar-refractivity contribution in [2.24, 2.45) is 0 Å². The maximum absolute atomic E-state index is 12.4. The van der Waals surface area contributed by atoms with Gasteiger partial charge in [0.15, 0.2) is 0 Å². The summed E-state index contributed by atoms with van der Waals surface area (Å²) in [6.45, 7) is 2.24. The van der Waals surface area contributed by atoms with E-state index < -0.39 is 10.2 Å². The Kier molecular flexibility index (Phi) is 5.53. The molecule has 6 nitrogen and oxygen atoms in total. The SMILES string of the molecule is O=C1CC(NS(=O)(=O)N2CCCCC2)CN1CCc1ccccc1. The predicted molar refractivity (Wildman–Crippen MR) is 92.6 cm³/mol. The van der Waals surface area contributed by atoms with Crippen molar-refractivity contribution in [1.29, 1.82) is 0 Å². The molecule has 1 aromatic carbocycles. The van der Waals surface area contributed by atoms with Crippen LogP contribution in [0.15, 0.2) is 30.3 Å². The summed E-state index contributed by atoms with van der Waals surface area (Å²) in [5, 5.41) is 0. The second-order valence-corrected chi connectivity index (χ2v) is 8.26. The third kappa shape index (κ3) is 4.34. The Bertz CT molecular complexity index is 657. The number of rotatable bonds is 6. The molecular formula is C17H25N3O3S. The van der Waals surface area contributed by atoms with Gasteiger partial charge in [-0.05, 0) is 24.8 Å². The van der Waals surface area contributed by atoms with Crippen LogP contribution in [0, 0.1) is 0 Å². The largest absolute Gasteiger partial charge is 0.341 e. The summed E-state index contributed by atoms with van der Waals surface area (Å²) < 4.78 is 29.1. The summed E-state index contributed by atoms with van der Waals surface area (Å²) in [6, 6.07) is 9.69. The molecular weight excluding hydrogens is 326 g/mol. The van der Waals surface area contributed by atoms with Gasteiger partial charge >= 0.3 is 0 Å². The third-order valence-corrected chi connectivity index (χ3v) is 6.37. The first-order chi connectivity index (χ1) is 11.5. The van der Waals surface area contributed by atoms with Gasteiger partial charge in [-0.2, -0.15) is 17.4 Å². The predicted octanol–water partition coefficient (Wildman–Crippen LogP) is 1.15. The molecule has 0 spiro atoms. The number of nitrogens with zero attached hydrogens (tertiary/aromatic N) is 2. The number of carbonyl (C=O) groups is 1. The van der Waals surface area contributed by atoms with E-state index in [1.807, 2.05) is 30.3 Å². The van der Waals surface area contributed by atoms with E-state index in [9.17, 15) is 13.2 Å². The van der Waals surface area contributed by atoms with Crippen LogP contribution in [0.5, 0.6) is 0 Å². The molecule has 1 unspecified atom stereocenters. The molecule has 2 aliphatic rings. The standard InChI is InChI=1S/C17H25N3O3S/c21-17-13-16(18-24(22,23)20-10-5-2-6-11-20)14-19(17)12-9-15-7-3-1-4-8-15/h1,3-4,7-8,16,18H,2,5-6,9-14H2. The van der Waals surface area contributed by atoms with E-state index in [0.717, 1.165) is 25.7 Å². The molecule has 1 aromatic rings. The topological polar surface area (TPSA) is 69.7 Å². The summed E-state index contributed by atoms with van der Waals surface area (Å²) in [6.07, 6.45) is 3.95. The highest BCUT2D eigenvalue weighted by atomic mass is 32.2. The fraction of sp³-hybridized carbons (Fsp3) is 0.588. The van der Waals surface area contributed by atoms with Crippen LogP contribution >= 0.6 is 0 Å². The Morgan fingerprint density at radius 1 is 1.08 bits per heavy atom. The number of amides is 1. The summed E-state index contributed by atoms with van der Waals surface area (Å²) in [7, 11) is -3.48. The minimum Gasteiger partial charge on any atom is -0.341 e. The first kappa shape index (κ1) is 17.4. The highest BCUT2D eigenvalue weighted by Gasteiger charge is 2.34. The van der Waals surface area contributed by atoms with Crippen LogP contribution in [0.3, 0.4) is 0 Å². The molecule has 2 aliphatic heterocycles. The zero-order valence-electron chi connectivity index (χ0n) is 13.9. The second kappa shape index (κ2) is 7.63. The van der Waals surface area contributed by atoms with Crippen molar-refractivity contribution in [3.63, 3.8) is 0 Å². The lowest BCUT2D eigenvalue weighted by atomic mass is 10.1. The Hall–Kier alpha value is -1.44. The quantitative estimate of drug-likeness (QED) is 0.836. The fourth-order valence-electron chi connectivity index (χ4n) is 3.37. The van der Waals surface area contributed by atoms with Crippen molar-refractivity contribution < 1.29 is 13.2 Å². The minimum atomic E-state index is -3.48. The van der Waals surface area contributed by atoms with Crippen LogP contribution in [-0.4, -0.2) is 55.8 Å². The van der Waals surface area contributed by atoms with Crippen molar-refractivity contribution in [3.8, 4) is 0 Å². The molecule has 0 aliphatic carbocycles. The molecule has 2 fully saturated rings. The molecule has 2 heterocycles. The van der Waals surface area contributed by atoms with E-state index in [4.69, 9.17) is 0 Å². The second-order valence-electron chi connectivity index (χ2n) is 6.56. The molecule has 1 amide bonds. The van der Waals surface area contributed by atoms with Gasteiger partial charge in [0.25, 0.3) is 10.2 Å². The summed E-state index contributed by atoms with van der Waals surface area (Å²) in [5.41, 5.74) is 1.18. The van der Waals surface area contributed by atoms with E-state index >= 15 is 0 Å². The van der Waals surface area contributed by atoms with Crippen LogP contribution in [0.1, 0.15) is 31.2 Å². The summed E-state index contributed by atoms with van der Waals surface area (Å²) in [4.78, 5) is 13.9. The van der Waals surface area contributed by atoms with Crippen molar-refractivity contribution in [3.05, 3.63) is 35.9 Å². The Morgan fingerprint density at radius 2 is 1.79 bits per heavy atom. The number of benzene rings is 1. The minimum absolute atomic E-state index is 0.0253. The number of hydrogen-bond acceptors (Lipinski definition) is 3. The van der Waals surface area contributed by atoms with Gasteiger partial charge < -0.3 is 4.90 Å². The van der Waals surface area contributed by atoms with Gasteiger partial charge in [0.2, 0.25) is 5.91 Å². The van der Waals surface area contributed by atoms with E-state index in [-0.39, 0.29) is 18.4 Å². The molecule has 0 radical (unpaired) electrons. The van der Waals surface area contributed by atoms with Crippen LogP contribution in [0.4, 0.5) is 0 Å².